The monoisotopic (exact) mass is 285 g/mol. The van der Waals surface area contributed by atoms with Gasteiger partial charge in [0.15, 0.2) is 0 Å². The Labute approximate surface area is 102 Å². The Balaban J connectivity index is 2.58. The summed E-state index contributed by atoms with van der Waals surface area (Å²) in [5, 5.41) is 9.70. The van der Waals surface area contributed by atoms with E-state index in [2.05, 4.69) is 0 Å². The van der Waals surface area contributed by atoms with Crippen LogP contribution in [0.15, 0.2) is 47.5 Å². The zero-order valence-corrected chi connectivity index (χ0v) is 13.2. The molecule has 0 saturated carbocycles. The van der Waals surface area contributed by atoms with Crippen LogP contribution in [0.2, 0.25) is 0 Å². The third-order valence-electron chi connectivity index (χ3n) is 2.23. The Morgan fingerprint density at radius 2 is 2.14 bits per heavy atom. The van der Waals surface area contributed by atoms with Crippen LogP contribution in [0.25, 0.3) is 0 Å². The summed E-state index contributed by atoms with van der Waals surface area (Å²) >= 11 is 12.6. The van der Waals surface area contributed by atoms with Gasteiger partial charge in [0.05, 0.1) is 0 Å². The van der Waals surface area contributed by atoms with Crippen molar-refractivity contribution in [1.82, 2.24) is 3.61 Å². The second-order valence-corrected chi connectivity index (χ2v) is 6.63. The van der Waals surface area contributed by atoms with E-state index < -0.39 is 4.33 Å². The fourth-order valence-corrected chi connectivity index (χ4v) is 3.33. The van der Waals surface area contributed by atoms with E-state index in [-0.39, 0.29) is 5.76 Å². The van der Waals surface area contributed by atoms with Crippen LogP contribution < -0.4 is 0 Å². The van der Waals surface area contributed by atoms with Crippen LogP contribution in [0.5, 0.6) is 0 Å². The molecule has 0 saturated heterocycles. The van der Waals surface area contributed by atoms with Gasteiger partial charge in [-0.25, -0.2) is 0 Å². The quantitative estimate of drug-likeness (QED) is 0.542. The second-order valence-electron chi connectivity index (χ2n) is 3.22. The molecule has 14 heavy (non-hydrogen) atoms. The van der Waals surface area contributed by atoms with Gasteiger partial charge in [0, 0.05) is 0 Å². The molecule has 1 aliphatic carbocycles. The molecule has 0 radical (unpaired) electrons. The molecular formula is C9H8Cl2GaNO. The van der Waals surface area contributed by atoms with Crippen molar-refractivity contribution in [3.05, 3.63) is 47.5 Å². The molecule has 1 aliphatic heterocycles. The van der Waals surface area contributed by atoms with Gasteiger partial charge in [-0.2, -0.15) is 0 Å². The van der Waals surface area contributed by atoms with Crippen LogP contribution in [-0.4, -0.2) is 31.9 Å². The maximum absolute atomic E-state index is 9.70. The molecule has 72 valence electrons. The fraction of sp³-hybridized carbons (Fsp3) is 0.111. The number of fused-ring (bicyclic) bond motifs is 1. The van der Waals surface area contributed by atoms with Crippen molar-refractivity contribution in [1.29, 1.82) is 0 Å². The molecular weight excluding hydrogens is 279 g/mol. The van der Waals surface area contributed by atoms with Crippen molar-refractivity contribution in [2.75, 3.05) is 0 Å². The van der Waals surface area contributed by atoms with Crippen LogP contribution in [0.4, 0.5) is 0 Å². The molecule has 0 aromatic heterocycles. The molecule has 0 bridgehead atoms. The van der Waals surface area contributed by atoms with E-state index in [0.717, 1.165) is 11.3 Å². The minimum atomic E-state index is -1.02. The number of alkyl halides is 2. The van der Waals surface area contributed by atoms with E-state index in [4.69, 9.17) is 23.2 Å². The molecule has 0 fully saturated rings. The number of aliphatic hydroxyl groups excluding tert-OH is 1. The normalized spacial score (nSPS) is 23.6. The van der Waals surface area contributed by atoms with Gasteiger partial charge in [0.2, 0.25) is 0 Å². The molecule has 0 spiro atoms. The Bertz CT molecular complexity index is 396. The van der Waals surface area contributed by atoms with Gasteiger partial charge < -0.3 is 0 Å². The van der Waals surface area contributed by atoms with E-state index >= 15 is 0 Å². The summed E-state index contributed by atoms with van der Waals surface area (Å²) in [6.07, 6.45) is 8.76. The van der Waals surface area contributed by atoms with Gasteiger partial charge in [-0.3, -0.25) is 0 Å². The van der Waals surface area contributed by atoms with Crippen molar-refractivity contribution in [2.45, 2.75) is 4.33 Å². The van der Waals surface area contributed by atoms with Crippen LogP contribution >= 0.6 is 23.2 Å². The van der Waals surface area contributed by atoms with E-state index in [1.165, 1.54) is 0 Å². The number of hydrogen-bond donors (Lipinski definition) is 1. The Morgan fingerprint density at radius 3 is 2.79 bits per heavy atom. The van der Waals surface area contributed by atoms with E-state index in [0.29, 0.717) is 18.8 Å². The van der Waals surface area contributed by atoms with Gasteiger partial charge in [-0.15, -0.1) is 0 Å². The first kappa shape index (κ1) is 10.3. The van der Waals surface area contributed by atoms with Crippen molar-refractivity contribution >= 4 is 42.0 Å². The molecule has 2 nitrogen and oxygen atoms in total. The number of halogens is 2. The second kappa shape index (κ2) is 3.42. The fourth-order valence-electron chi connectivity index (χ4n) is 1.55. The van der Waals surface area contributed by atoms with Crippen molar-refractivity contribution < 1.29 is 5.11 Å². The van der Waals surface area contributed by atoms with Crippen molar-refractivity contribution in [2.24, 2.45) is 0 Å². The zero-order valence-electron chi connectivity index (χ0n) is 7.54. The summed E-state index contributed by atoms with van der Waals surface area (Å²) < 4.78 is 0.948. The van der Waals surface area contributed by atoms with Gasteiger partial charge in [0.1, 0.15) is 0 Å². The van der Waals surface area contributed by atoms with Crippen molar-refractivity contribution in [3.8, 4) is 0 Å². The van der Waals surface area contributed by atoms with E-state index in [9.17, 15) is 5.11 Å². The molecule has 0 unspecified atom stereocenters. The number of nitrogens with zero attached hydrogens (tertiary/aromatic N) is 1. The number of allylic oxidation sites excluding steroid dienone is 5. The summed E-state index contributed by atoms with van der Waals surface area (Å²) in [4.78, 5) is 0. The Kier molecular flexibility index (Phi) is 2.51. The number of hydrogen-bond acceptors (Lipinski definition) is 2. The summed E-state index contributed by atoms with van der Waals surface area (Å²) in [5.74, 6) is 0.227. The van der Waals surface area contributed by atoms with Crippen molar-refractivity contribution in [3.63, 3.8) is 0 Å². The number of aliphatic hydroxyl groups is 1. The summed E-state index contributed by atoms with van der Waals surface area (Å²) in [6.45, 7) is 0. The predicted octanol–water partition coefficient (Wildman–Crippen LogP) is 1.80. The molecule has 2 aliphatic rings. The predicted molar refractivity (Wildman–Crippen MR) is 60.8 cm³/mol. The molecule has 1 heterocycles. The summed E-state index contributed by atoms with van der Waals surface area (Å²) in [7, 11) is 0. The number of rotatable bonds is 0. The van der Waals surface area contributed by atoms with Gasteiger partial charge in [-0.1, -0.05) is 0 Å². The first-order valence-electron chi connectivity index (χ1n) is 4.15. The maximum atomic E-state index is 9.70. The first-order chi connectivity index (χ1) is 6.52. The third kappa shape index (κ3) is 1.54. The zero-order chi connectivity index (χ0) is 10.3. The molecule has 5 heteroatoms. The average Bonchev–Trinajstić information content (AvgIpc) is 2.12. The van der Waals surface area contributed by atoms with E-state index in [1.54, 1.807) is 12.2 Å². The van der Waals surface area contributed by atoms with Crippen LogP contribution in [-0.2, 0) is 0 Å². The minimum absolute atomic E-state index is 0.227. The third-order valence-corrected chi connectivity index (χ3v) is 4.46. The van der Waals surface area contributed by atoms with Crippen LogP contribution in [0.1, 0.15) is 0 Å². The molecule has 0 amide bonds. The van der Waals surface area contributed by atoms with Crippen LogP contribution in [0, 0.1) is 0 Å². The topological polar surface area (TPSA) is 23.5 Å². The molecule has 0 aromatic carbocycles. The Hall–Kier alpha value is -0.224. The summed E-state index contributed by atoms with van der Waals surface area (Å²) in [5.41, 5.74) is 1.48. The summed E-state index contributed by atoms with van der Waals surface area (Å²) in [6, 6.07) is 0. The van der Waals surface area contributed by atoms with Crippen LogP contribution in [0.3, 0.4) is 0 Å². The standard InChI is InChI=1S/C9H6Cl2NO.Ga.2H/c10-9(11)4-3-7(13)8-6(9)2-1-5-12-8;;;/h1-5,13H;;;/q-1;+1;;. The van der Waals surface area contributed by atoms with E-state index in [1.807, 2.05) is 22.0 Å². The molecule has 0 aromatic rings. The SMILES string of the molecule is OC1=C2C(=CC=C[N]2[GaH2])C(Cl)(Cl)C=C1. The molecule has 0 atom stereocenters. The molecule has 2 rings (SSSR count). The van der Waals surface area contributed by atoms with Gasteiger partial charge >= 0.3 is 103 Å². The average molecular weight is 287 g/mol. The van der Waals surface area contributed by atoms with Gasteiger partial charge in [-0.05, 0) is 0 Å². The first-order valence-corrected chi connectivity index (χ1v) is 6.78. The van der Waals surface area contributed by atoms with Gasteiger partial charge in [0.25, 0.3) is 0 Å². The Morgan fingerprint density at radius 1 is 1.43 bits per heavy atom. The molecule has 1 N–H and O–H groups in total.